The van der Waals surface area contributed by atoms with Gasteiger partial charge in [-0.2, -0.15) is 0 Å². The highest BCUT2D eigenvalue weighted by atomic mass is 16.2. The fourth-order valence-corrected chi connectivity index (χ4v) is 2.22. The Labute approximate surface area is 93.0 Å². The first kappa shape index (κ1) is 12.5. The summed E-state index contributed by atoms with van der Waals surface area (Å²) >= 11 is 0. The molecule has 2 N–H and O–H groups in total. The molecule has 0 aromatic heterocycles. The van der Waals surface area contributed by atoms with Gasteiger partial charge in [0.15, 0.2) is 0 Å². The summed E-state index contributed by atoms with van der Waals surface area (Å²) in [7, 11) is 1.82. The second-order valence-electron chi connectivity index (χ2n) is 4.89. The van der Waals surface area contributed by atoms with Crippen LogP contribution in [0.2, 0.25) is 0 Å². The maximum Gasteiger partial charge on any atom is 0.237 e. The van der Waals surface area contributed by atoms with E-state index in [0.717, 1.165) is 12.3 Å². The largest absolute Gasteiger partial charge is 0.352 e. The molecule has 0 aromatic carbocycles. The van der Waals surface area contributed by atoms with Gasteiger partial charge in [0.2, 0.25) is 5.91 Å². The number of nitrogens with one attached hydrogen (secondary N) is 2. The van der Waals surface area contributed by atoms with Crippen LogP contribution in [0.1, 0.15) is 40.0 Å². The number of hydrogen-bond acceptors (Lipinski definition) is 2. The fraction of sp³-hybridized carbons (Fsp3) is 0.917. The highest BCUT2D eigenvalue weighted by Gasteiger charge is 2.28. The molecule has 4 atom stereocenters. The molecule has 1 rings (SSSR count). The highest BCUT2D eigenvalue weighted by molar-refractivity contribution is 5.81. The molecular formula is C12H24N2O. The molecule has 0 aromatic rings. The zero-order valence-corrected chi connectivity index (χ0v) is 10.3. The molecule has 1 aliphatic rings. The first-order valence-corrected chi connectivity index (χ1v) is 6.04. The van der Waals surface area contributed by atoms with E-state index in [1.54, 1.807) is 0 Å². The van der Waals surface area contributed by atoms with Crippen molar-refractivity contribution >= 4 is 5.91 Å². The second-order valence-corrected chi connectivity index (χ2v) is 4.89. The van der Waals surface area contributed by atoms with E-state index < -0.39 is 0 Å². The van der Waals surface area contributed by atoms with Crippen LogP contribution in [0, 0.1) is 11.8 Å². The van der Waals surface area contributed by atoms with Gasteiger partial charge in [-0.15, -0.1) is 0 Å². The van der Waals surface area contributed by atoms with Crippen LogP contribution in [0.4, 0.5) is 0 Å². The summed E-state index contributed by atoms with van der Waals surface area (Å²) in [5, 5.41) is 6.12. The van der Waals surface area contributed by atoms with Crippen LogP contribution in [0.3, 0.4) is 0 Å². The first-order chi connectivity index (χ1) is 7.06. The van der Waals surface area contributed by atoms with Gasteiger partial charge in [0.1, 0.15) is 0 Å². The van der Waals surface area contributed by atoms with Gasteiger partial charge in [-0.25, -0.2) is 0 Å². The summed E-state index contributed by atoms with van der Waals surface area (Å²) in [4.78, 5) is 11.7. The maximum absolute atomic E-state index is 11.7. The SMILES string of the molecule is CNC(C)C(=O)NC1CCCC(C)C1C. The molecule has 88 valence electrons. The lowest BCUT2D eigenvalue weighted by atomic mass is 9.78. The van der Waals surface area contributed by atoms with E-state index in [1.807, 2.05) is 14.0 Å². The minimum Gasteiger partial charge on any atom is -0.352 e. The number of hydrogen-bond donors (Lipinski definition) is 2. The number of rotatable bonds is 3. The summed E-state index contributed by atoms with van der Waals surface area (Å²) in [6.45, 7) is 6.43. The molecule has 1 saturated carbocycles. The molecule has 0 bridgehead atoms. The minimum atomic E-state index is -0.0885. The minimum absolute atomic E-state index is 0.0885. The van der Waals surface area contributed by atoms with Gasteiger partial charge in [0.25, 0.3) is 0 Å². The van der Waals surface area contributed by atoms with Crippen molar-refractivity contribution in [3.8, 4) is 0 Å². The van der Waals surface area contributed by atoms with Gasteiger partial charge in [-0.05, 0) is 32.2 Å². The molecule has 3 heteroatoms. The van der Waals surface area contributed by atoms with E-state index in [0.29, 0.717) is 12.0 Å². The van der Waals surface area contributed by atoms with Crippen molar-refractivity contribution in [2.24, 2.45) is 11.8 Å². The predicted molar refractivity (Wildman–Crippen MR) is 62.6 cm³/mol. The van der Waals surface area contributed by atoms with Crippen molar-refractivity contribution in [1.82, 2.24) is 10.6 Å². The Kier molecular flexibility index (Phi) is 4.58. The van der Waals surface area contributed by atoms with Gasteiger partial charge in [-0.1, -0.05) is 26.7 Å². The number of amides is 1. The summed E-state index contributed by atoms with van der Waals surface area (Å²) in [6.07, 6.45) is 3.67. The van der Waals surface area contributed by atoms with Crippen LogP contribution in [-0.2, 0) is 4.79 Å². The lowest BCUT2D eigenvalue weighted by Gasteiger charge is -2.35. The Balaban J connectivity index is 2.46. The third-order valence-electron chi connectivity index (χ3n) is 3.86. The zero-order valence-electron chi connectivity index (χ0n) is 10.3. The third kappa shape index (κ3) is 3.20. The van der Waals surface area contributed by atoms with Crippen LogP contribution < -0.4 is 10.6 Å². The Morgan fingerprint density at radius 2 is 2.00 bits per heavy atom. The lowest BCUT2D eigenvalue weighted by Crippen LogP contribution is -2.49. The monoisotopic (exact) mass is 212 g/mol. The van der Waals surface area contributed by atoms with E-state index in [2.05, 4.69) is 24.5 Å². The number of carbonyl (C=O) groups is 1. The van der Waals surface area contributed by atoms with Crippen molar-refractivity contribution in [2.75, 3.05) is 7.05 Å². The Bertz CT molecular complexity index is 218. The van der Waals surface area contributed by atoms with Gasteiger partial charge in [-0.3, -0.25) is 4.79 Å². The van der Waals surface area contributed by atoms with Gasteiger partial charge in [0, 0.05) is 6.04 Å². The van der Waals surface area contributed by atoms with E-state index >= 15 is 0 Å². The molecular weight excluding hydrogens is 188 g/mol. The third-order valence-corrected chi connectivity index (χ3v) is 3.86. The lowest BCUT2D eigenvalue weighted by molar-refractivity contribution is -0.124. The molecule has 4 unspecified atom stereocenters. The van der Waals surface area contributed by atoms with Crippen molar-refractivity contribution in [1.29, 1.82) is 0 Å². The van der Waals surface area contributed by atoms with Crippen LogP contribution in [0.15, 0.2) is 0 Å². The summed E-state index contributed by atoms with van der Waals surface area (Å²) in [6, 6.07) is 0.284. The molecule has 0 heterocycles. The quantitative estimate of drug-likeness (QED) is 0.745. The van der Waals surface area contributed by atoms with Crippen LogP contribution in [0.25, 0.3) is 0 Å². The van der Waals surface area contributed by atoms with Gasteiger partial charge < -0.3 is 10.6 Å². The zero-order chi connectivity index (χ0) is 11.4. The number of likely N-dealkylation sites (N-methyl/N-ethyl adjacent to an activating group) is 1. The maximum atomic E-state index is 11.7. The first-order valence-electron chi connectivity index (χ1n) is 6.04. The van der Waals surface area contributed by atoms with Crippen LogP contribution in [0.5, 0.6) is 0 Å². The molecule has 1 fully saturated rings. The van der Waals surface area contributed by atoms with Crippen molar-refractivity contribution in [3.63, 3.8) is 0 Å². The average molecular weight is 212 g/mol. The molecule has 15 heavy (non-hydrogen) atoms. The summed E-state index contributed by atoms with van der Waals surface area (Å²) in [5.74, 6) is 1.46. The van der Waals surface area contributed by atoms with E-state index in [4.69, 9.17) is 0 Å². The van der Waals surface area contributed by atoms with Crippen molar-refractivity contribution in [3.05, 3.63) is 0 Å². The molecule has 1 amide bonds. The molecule has 0 aliphatic heterocycles. The summed E-state index contributed by atoms with van der Waals surface area (Å²) < 4.78 is 0. The van der Waals surface area contributed by atoms with Crippen molar-refractivity contribution in [2.45, 2.75) is 52.1 Å². The van der Waals surface area contributed by atoms with E-state index in [1.165, 1.54) is 12.8 Å². The summed E-state index contributed by atoms with van der Waals surface area (Å²) in [5.41, 5.74) is 0. The van der Waals surface area contributed by atoms with Crippen LogP contribution >= 0.6 is 0 Å². The molecule has 0 radical (unpaired) electrons. The Morgan fingerprint density at radius 1 is 1.33 bits per heavy atom. The highest BCUT2D eigenvalue weighted by Crippen LogP contribution is 2.29. The Hall–Kier alpha value is -0.570. The average Bonchev–Trinajstić information content (AvgIpc) is 2.23. The van der Waals surface area contributed by atoms with E-state index in [9.17, 15) is 4.79 Å². The smallest absolute Gasteiger partial charge is 0.237 e. The van der Waals surface area contributed by atoms with Crippen molar-refractivity contribution < 1.29 is 4.79 Å². The second kappa shape index (κ2) is 5.50. The van der Waals surface area contributed by atoms with Gasteiger partial charge >= 0.3 is 0 Å². The molecule has 0 saturated heterocycles. The van der Waals surface area contributed by atoms with Crippen LogP contribution in [-0.4, -0.2) is 25.0 Å². The van der Waals surface area contributed by atoms with Gasteiger partial charge in [0.05, 0.1) is 6.04 Å². The number of carbonyl (C=O) groups excluding carboxylic acids is 1. The molecule has 0 spiro atoms. The fourth-order valence-electron chi connectivity index (χ4n) is 2.22. The predicted octanol–water partition coefficient (Wildman–Crippen LogP) is 1.54. The normalized spacial score (nSPS) is 33.5. The standard InChI is InChI=1S/C12H24N2O/c1-8-6-5-7-11(9(8)2)14-12(15)10(3)13-4/h8-11,13H,5-7H2,1-4H3,(H,14,15). The molecule has 3 nitrogen and oxygen atoms in total. The topological polar surface area (TPSA) is 41.1 Å². The molecule has 1 aliphatic carbocycles. The van der Waals surface area contributed by atoms with E-state index in [-0.39, 0.29) is 11.9 Å². The Morgan fingerprint density at radius 3 is 2.60 bits per heavy atom.